The number of benzene rings is 3. The molecule has 0 aliphatic carbocycles. The van der Waals surface area contributed by atoms with Crippen LogP contribution in [-0.4, -0.2) is 52.6 Å². The Morgan fingerprint density at radius 2 is 1.89 bits per heavy atom. The largest absolute Gasteiger partial charge is 0.494 e. The van der Waals surface area contributed by atoms with Gasteiger partial charge in [0.15, 0.2) is 5.88 Å². The van der Waals surface area contributed by atoms with Crippen molar-refractivity contribution in [3.63, 3.8) is 0 Å². The maximum Gasteiger partial charge on any atom is 0.387 e. The van der Waals surface area contributed by atoms with Crippen molar-refractivity contribution in [1.82, 2.24) is 9.88 Å². The number of nitrogens with one attached hydrogen (secondary N) is 2. The number of aromatic amines is 1. The Kier molecular flexibility index (Phi) is 10.4. The number of carbonyl (C=O) groups excluding carboxylic acids is 2. The Bertz CT molecular complexity index is 1760. The van der Waals surface area contributed by atoms with Crippen LogP contribution < -0.4 is 10.1 Å². The van der Waals surface area contributed by atoms with Crippen LogP contribution in [0.15, 0.2) is 54.7 Å². The minimum Gasteiger partial charge on any atom is -0.494 e. The number of aromatic nitrogens is 1. The highest BCUT2D eigenvalue weighted by atomic mass is 19.3. The predicted octanol–water partition coefficient (Wildman–Crippen LogP) is 6.70. The van der Waals surface area contributed by atoms with Gasteiger partial charge in [0.2, 0.25) is 5.91 Å². The summed E-state index contributed by atoms with van der Waals surface area (Å²) in [5.41, 5.74) is 1.62. The van der Waals surface area contributed by atoms with E-state index < -0.39 is 29.3 Å². The fourth-order valence-corrected chi connectivity index (χ4v) is 5.28. The number of amides is 1. The number of nitro benzene ring substituents is 1. The van der Waals surface area contributed by atoms with Crippen molar-refractivity contribution in [3.05, 3.63) is 92.9 Å². The van der Waals surface area contributed by atoms with Gasteiger partial charge in [-0.05, 0) is 54.2 Å². The molecular formula is C32H33F3N4O7. The number of rotatable bonds is 13. The second kappa shape index (κ2) is 14.2. The average Bonchev–Trinajstić information content (AvgIpc) is 3.36. The molecule has 0 fully saturated rings. The molecule has 0 saturated carbocycles. The second-order valence-corrected chi connectivity index (χ2v) is 10.9. The van der Waals surface area contributed by atoms with Gasteiger partial charge in [-0.1, -0.05) is 25.1 Å². The molecule has 0 spiro atoms. The molecule has 3 aromatic carbocycles. The number of halogens is 3. The molecule has 46 heavy (non-hydrogen) atoms. The van der Waals surface area contributed by atoms with Gasteiger partial charge in [-0.2, -0.15) is 8.78 Å². The van der Waals surface area contributed by atoms with Crippen LogP contribution in [0, 0.1) is 22.9 Å². The zero-order valence-corrected chi connectivity index (χ0v) is 25.5. The molecule has 1 aromatic heterocycles. The third-order valence-corrected chi connectivity index (χ3v) is 7.73. The Morgan fingerprint density at radius 3 is 2.54 bits per heavy atom. The number of nitro groups is 1. The molecule has 0 aliphatic heterocycles. The highest BCUT2D eigenvalue weighted by molar-refractivity contribution is 5.92. The van der Waals surface area contributed by atoms with Gasteiger partial charge in [0.1, 0.15) is 17.6 Å². The summed E-state index contributed by atoms with van der Waals surface area (Å²) in [6.45, 7) is 0.212. The second-order valence-electron chi connectivity index (χ2n) is 10.9. The number of esters is 1. The third kappa shape index (κ3) is 7.68. The molecule has 14 heteroatoms. The number of hydrogen-bond acceptors (Lipinski definition) is 8. The number of fused-ring (bicyclic) bond motifs is 1. The number of carbonyl (C=O) groups is 2. The molecule has 0 bridgehead atoms. The van der Waals surface area contributed by atoms with E-state index in [1.54, 1.807) is 18.2 Å². The molecule has 0 aliphatic rings. The first-order chi connectivity index (χ1) is 21.8. The number of non-ortho nitro benzene ring substituents is 1. The summed E-state index contributed by atoms with van der Waals surface area (Å²) in [5.74, 6) is -2.24. The molecule has 4 rings (SSSR count). The van der Waals surface area contributed by atoms with Crippen LogP contribution in [0.1, 0.15) is 54.0 Å². The van der Waals surface area contributed by atoms with Crippen LogP contribution in [-0.2, 0) is 20.9 Å². The number of alkyl halides is 2. The number of aryl methyl sites for hydroxylation is 1. The number of anilines is 1. The van der Waals surface area contributed by atoms with Crippen molar-refractivity contribution < 1.29 is 42.3 Å². The molecular weight excluding hydrogens is 609 g/mol. The minimum absolute atomic E-state index is 0.0310. The van der Waals surface area contributed by atoms with Gasteiger partial charge in [0, 0.05) is 54.7 Å². The van der Waals surface area contributed by atoms with Gasteiger partial charge in [-0.25, -0.2) is 4.39 Å². The Morgan fingerprint density at radius 1 is 1.15 bits per heavy atom. The van der Waals surface area contributed by atoms with E-state index in [1.165, 1.54) is 32.5 Å². The lowest BCUT2D eigenvalue weighted by Crippen LogP contribution is -2.35. The lowest BCUT2D eigenvalue weighted by Gasteiger charge is -2.27. The molecule has 3 N–H and O–H groups in total. The summed E-state index contributed by atoms with van der Waals surface area (Å²) in [4.78, 5) is 40.1. The summed E-state index contributed by atoms with van der Waals surface area (Å²) in [6.07, 6.45) is 2.16. The van der Waals surface area contributed by atoms with Gasteiger partial charge >= 0.3 is 12.6 Å². The van der Waals surface area contributed by atoms with Crippen molar-refractivity contribution in [3.8, 4) is 11.6 Å². The SMILES string of the molecule is COC(=O)CC[C@H](C)c1ccc(C(Nc2cc3c(O)[nH]cc3cc2F)C(=O)N(C)Cc2cc([N+](=O)[O-])ccc2OC(F)F)cc1C. The van der Waals surface area contributed by atoms with E-state index in [1.807, 2.05) is 13.8 Å². The maximum absolute atomic E-state index is 15.3. The van der Waals surface area contributed by atoms with Crippen LogP contribution in [0.4, 0.5) is 24.5 Å². The van der Waals surface area contributed by atoms with E-state index >= 15 is 4.39 Å². The Balaban J connectivity index is 1.71. The Hall–Kier alpha value is -5.27. The molecule has 2 atom stereocenters. The molecule has 1 unspecified atom stereocenters. The summed E-state index contributed by atoms with van der Waals surface area (Å²) in [5, 5.41) is 25.2. The van der Waals surface area contributed by atoms with Gasteiger partial charge in [-0.3, -0.25) is 19.7 Å². The first-order valence-corrected chi connectivity index (χ1v) is 14.2. The maximum atomic E-state index is 15.3. The number of likely N-dealkylation sites (N-methyl/N-ethyl adjacent to an activating group) is 1. The minimum atomic E-state index is -3.21. The quantitative estimate of drug-likeness (QED) is 0.0830. The topological polar surface area (TPSA) is 147 Å². The average molecular weight is 643 g/mol. The van der Waals surface area contributed by atoms with Gasteiger partial charge in [-0.15, -0.1) is 0 Å². The first-order valence-electron chi connectivity index (χ1n) is 14.2. The molecule has 1 heterocycles. The van der Waals surface area contributed by atoms with Gasteiger partial charge in [0.05, 0.1) is 17.7 Å². The highest BCUT2D eigenvalue weighted by Gasteiger charge is 2.28. The van der Waals surface area contributed by atoms with E-state index in [9.17, 15) is 33.6 Å². The van der Waals surface area contributed by atoms with E-state index in [4.69, 9.17) is 4.74 Å². The first kappa shape index (κ1) is 33.6. The van der Waals surface area contributed by atoms with E-state index in [0.29, 0.717) is 22.8 Å². The van der Waals surface area contributed by atoms with Crippen molar-refractivity contribution >= 4 is 34.0 Å². The fraction of sp³-hybridized carbons (Fsp3) is 0.312. The number of hydrogen-bond donors (Lipinski definition) is 3. The zero-order chi connectivity index (χ0) is 33.7. The van der Waals surface area contributed by atoms with Gasteiger partial charge in [0.25, 0.3) is 5.69 Å². The predicted molar refractivity (Wildman–Crippen MR) is 163 cm³/mol. The van der Waals surface area contributed by atoms with Gasteiger partial charge < -0.3 is 29.8 Å². The van der Waals surface area contributed by atoms with Crippen LogP contribution in [0.25, 0.3) is 10.8 Å². The summed E-state index contributed by atoms with van der Waals surface area (Å²) in [6, 6.07) is 9.64. The number of methoxy groups -OCH3 is 1. The monoisotopic (exact) mass is 642 g/mol. The normalized spacial score (nSPS) is 12.5. The molecule has 0 radical (unpaired) electrons. The highest BCUT2D eigenvalue weighted by Crippen LogP contribution is 2.34. The van der Waals surface area contributed by atoms with Crippen molar-refractivity contribution in [2.75, 3.05) is 19.5 Å². The van der Waals surface area contributed by atoms with E-state index in [2.05, 4.69) is 15.0 Å². The lowest BCUT2D eigenvalue weighted by atomic mass is 9.90. The molecule has 244 valence electrons. The van der Waals surface area contributed by atoms with E-state index in [0.717, 1.165) is 34.2 Å². The van der Waals surface area contributed by atoms with Crippen LogP contribution in [0.2, 0.25) is 0 Å². The lowest BCUT2D eigenvalue weighted by molar-refractivity contribution is -0.385. The number of ether oxygens (including phenoxy) is 2. The number of H-pyrrole nitrogens is 1. The molecule has 0 saturated heterocycles. The van der Waals surface area contributed by atoms with Crippen LogP contribution in [0.3, 0.4) is 0 Å². The third-order valence-electron chi connectivity index (χ3n) is 7.73. The van der Waals surface area contributed by atoms with Crippen molar-refractivity contribution in [2.45, 2.75) is 51.8 Å². The summed E-state index contributed by atoms with van der Waals surface area (Å²) < 4.78 is 50.8. The standard InChI is InChI=1S/C32H33F3N4O7/c1-17(5-10-28(40)45-4)23-8-6-19(11-18(23)2)29(37-26-14-24-20(13-25(26)33)15-36-30(24)41)31(42)38(3)16-21-12-22(39(43)44)7-9-27(21)46-32(34)35/h6-9,11-15,17,29,32,36-37,41H,5,10,16H2,1-4H3/t17-,29?/m0/s1. The van der Waals surface area contributed by atoms with Crippen molar-refractivity contribution in [2.24, 2.45) is 0 Å². The molecule has 11 nitrogen and oxygen atoms in total. The van der Waals surface area contributed by atoms with E-state index in [-0.39, 0.29) is 53.4 Å². The smallest absolute Gasteiger partial charge is 0.387 e. The molecule has 1 amide bonds. The molecule has 4 aromatic rings. The summed E-state index contributed by atoms with van der Waals surface area (Å²) in [7, 11) is 2.69. The van der Waals surface area contributed by atoms with Crippen molar-refractivity contribution in [1.29, 1.82) is 0 Å². The van der Waals surface area contributed by atoms with Crippen LogP contribution >= 0.6 is 0 Å². The fourth-order valence-electron chi connectivity index (χ4n) is 5.28. The Labute approximate surface area is 262 Å². The number of aromatic hydroxyl groups is 1. The van der Waals surface area contributed by atoms with Crippen LogP contribution in [0.5, 0.6) is 11.6 Å². The zero-order valence-electron chi connectivity index (χ0n) is 25.5. The number of nitrogens with zero attached hydrogens (tertiary/aromatic N) is 2. The summed E-state index contributed by atoms with van der Waals surface area (Å²) >= 11 is 0.